The monoisotopic (exact) mass is 323 g/mol. The van der Waals surface area contributed by atoms with E-state index in [0.717, 1.165) is 22.6 Å². The molecule has 4 bridgehead atoms. The minimum absolute atomic E-state index is 0.0131. The summed E-state index contributed by atoms with van der Waals surface area (Å²) in [7, 11) is 0. The molecule has 1 amide bonds. The van der Waals surface area contributed by atoms with Crippen molar-refractivity contribution in [3.05, 3.63) is 42.7 Å². The Balaban J connectivity index is 1.82. The van der Waals surface area contributed by atoms with E-state index in [-0.39, 0.29) is 18.6 Å². The lowest BCUT2D eigenvalue weighted by Crippen LogP contribution is -2.40. The van der Waals surface area contributed by atoms with Crippen LogP contribution in [0.5, 0.6) is 5.75 Å². The Labute approximate surface area is 138 Å². The van der Waals surface area contributed by atoms with E-state index < -0.39 is 0 Å². The highest BCUT2D eigenvalue weighted by molar-refractivity contribution is 5.79. The molecule has 1 aliphatic heterocycles. The van der Waals surface area contributed by atoms with Crippen LogP contribution < -0.4 is 15.4 Å². The lowest BCUT2D eigenvalue weighted by molar-refractivity contribution is -0.123. The average molecular weight is 323 g/mol. The lowest BCUT2D eigenvalue weighted by Gasteiger charge is -2.16. The zero-order valence-electron chi connectivity index (χ0n) is 13.2. The molecular weight excluding hydrogens is 306 g/mol. The molecule has 0 saturated carbocycles. The number of benzene rings is 1. The molecule has 0 spiro atoms. The Morgan fingerprint density at radius 1 is 1.33 bits per heavy atom. The third kappa shape index (κ3) is 2.76. The fraction of sp³-hybridized carbons (Fsp3) is 0.235. The number of carbonyl (C=O) groups excluding carboxylic acids is 1. The fourth-order valence-electron chi connectivity index (χ4n) is 2.70. The van der Waals surface area contributed by atoms with Gasteiger partial charge in [-0.3, -0.25) is 4.79 Å². The zero-order chi connectivity index (χ0) is 16.5. The van der Waals surface area contributed by atoms with Crippen molar-refractivity contribution in [1.29, 1.82) is 0 Å². The summed E-state index contributed by atoms with van der Waals surface area (Å²) < 4.78 is 7.34. The van der Waals surface area contributed by atoms with Crippen molar-refractivity contribution in [2.75, 3.05) is 18.5 Å². The van der Waals surface area contributed by atoms with Crippen molar-refractivity contribution in [1.82, 2.24) is 19.9 Å². The van der Waals surface area contributed by atoms with Crippen molar-refractivity contribution in [3.63, 3.8) is 0 Å². The van der Waals surface area contributed by atoms with E-state index in [4.69, 9.17) is 4.74 Å². The molecule has 4 rings (SSSR count). The molecule has 3 heterocycles. The van der Waals surface area contributed by atoms with Gasteiger partial charge in [0.25, 0.3) is 5.91 Å². The van der Waals surface area contributed by atoms with E-state index in [2.05, 4.69) is 20.7 Å². The third-order valence-electron chi connectivity index (χ3n) is 3.88. The summed E-state index contributed by atoms with van der Waals surface area (Å²) in [5.74, 6) is 1.23. The van der Waals surface area contributed by atoms with Crippen molar-refractivity contribution >= 4 is 17.4 Å². The smallest absolute Gasteiger partial charge is 0.258 e. The number of aromatic nitrogens is 3. The molecule has 0 saturated heterocycles. The van der Waals surface area contributed by atoms with Crippen LogP contribution in [0.2, 0.25) is 0 Å². The summed E-state index contributed by atoms with van der Waals surface area (Å²) in [5.41, 5.74) is 2.63. The van der Waals surface area contributed by atoms with Crippen LogP contribution in [-0.4, -0.2) is 39.7 Å². The second-order valence-corrected chi connectivity index (χ2v) is 5.81. The summed E-state index contributed by atoms with van der Waals surface area (Å²) in [6.07, 6.45) is 3.65. The third-order valence-corrected chi connectivity index (χ3v) is 3.88. The minimum atomic E-state index is -0.151. The Bertz CT molecular complexity index is 905. The summed E-state index contributed by atoms with van der Waals surface area (Å²) in [4.78, 5) is 16.6. The normalized spacial score (nSPS) is 17.7. The van der Waals surface area contributed by atoms with Gasteiger partial charge in [0.15, 0.2) is 12.3 Å². The predicted octanol–water partition coefficient (Wildman–Crippen LogP) is 1.71. The van der Waals surface area contributed by atoms with Crippen molar-refractivity contribution in [3.8, 4) is 16.9 Å². The van der Waals surface area contributed by atoms with Gasteiger partial charge in [0.2, 0.25) is 0 Å². The van der Waals surface area contributed by atoms with E-state index in [9.17, 15) is 4.79 Å². The van der Waals surface area contributed by atoms with Gasteiger partial charge >= 0.3 is 0 Å². The number of rotatable bonds is 0. The van der Waals surface area contributed by atoms with Crippen LogP contribution in [0.25, 0.3) is 16.8 Å². The Morgan fingerprint density at radius 2 is 2.25 bits per heavy atom. The number of nitrogens with one attached hydrogen (secondary N) is 2. The fourth-order valence-corrected chi connectivity index (χ4v) is 2.70. The largest absolute Gasteiger partial charge is 0.484 e. The molecule has 24 heavy (non-hydrogen) atoms. The number of nitrogens with zero attached hydrogens (tertiary/aromatic N) is 3. The van der Waals surface area contributed by atoms with Crippen LogP contribution in [0, 0.1) is 0 Å². The highest BCUT2D eigenvalue weighted by Crippen LogP contribution is 2.27. The second-order valence-electron chi connectivity index (χ2n) is 5.81. The number of hydrogen-bond acceptors (Lipinski definition) is 5. The minimum Gasteiger partial charge on any atom is -0.484 e. The summed E-state index contributed by atoms with van der Waals surface area (Å²) >= 11 is 0. The van der Waals surface area contributed by atoms with Crippen LogP contribution in [0.3, 0.4) is 0 Å². The second kappa shape index (κ2) is 5.84. The van der Waals surface area contributed by atoms with E-state index in [1.165, 1.54) is 0 Å². The maximum absolute atomic E-state index is 12.0. The topological polar surface area (TPSA) is 80.6 Å². The number of carbonyl (C=O) groups is 1. The van der Waals surface area contributed by atoms with Crippen LogP contribution in [0.4, 0.5) is 5.82 Å². The SMILES string of the molecule is CC1CNc2ccn3ncc(c3n2)-c2cccc(c2)OCC(=O)N1. The molecule has 122 valence electrons. The predicted molar refractivity (Wildman–Crippen MR) is 90.0 cm³/mol. The first-order valence-corrected chi connectivity index (χ1v) is 7.80. The maximum atomic E-state index is 12.0. The number of fused-ring (bicyclic) bond motifs is 4. The van der Waals surface area contributed by atoms with Gasteiger partial charge < -0.3 is 15.4 Å². The molecule has 1 aliphatic rings. The van der Waals surface area contributed by atoms with Gasteiger partial charge in [-0.2, -0.15) is 5.10 Å². The number of amides is 1. The first kappa shape index (κ1) is 14.5. The molecule has 1 aromatic carbocycles. The van der Waals surface area contributed by atoms with E-state index in [0.29, 0.717) is 12.3 Å². The molecule has 1 unspecified atom stereocenters. The van der Waals surface area contributed by atoms with Crippen molar-refractivity contribution in [2.45, 2.75) is 13.0 Å². The lowest BCUT2D eigenvalue weighted by atomic mass is 10.1. The van der Waals surface area contributed by atoms with Crippen LogP contribution >= 0.6 is 0 Å². The molecule has 7 nitrogen and oxygen atoms in total. The highest BCUT2D eigenvalue weighted by atomic mass is 16.5. The summed E-state index contributed by atoms with van der Waals surface area (Å²) in [5, 5.41) is 10.5. The van der Waals surface area contributed by atoms with E-state index in [1.54, 1.807) is 10.7 Å². The summed E-state index contributed by atoms with van der Waals surface area (Å²) in [6, 6.07) is 9.41. The summed E-state index contributed by atoms with van der Waals surface area (Å²) in [6.45, 7) is 2.49. The Kier molecular flexibility index (Phi) is 3.53. The molecule has 0 fully saturated rings. The van der Waals surface area contributed by atoms with Gasteiger partial charge in [0.05, 0.1) is 6.20 Å². The number of hydrogen-bond donors (Lipinski definition) is 2. The van der Waals surface area contributed by atoms with Gasteiger partial charge in [0.1, 0.15) is 11.6 Å². The molecule has 2 N–H and O–H groups in total. The van der Waals surface area contributed by atoms with E-state index in [1.807, 2.05) is 43.5 Å². The molecule has 3 aromatic rings. The highest BCUT2D eigenvalue weighted by Gasteiger charge is 2.13. The Morgan fingerprint density at radius 3 is 3.17 bits per heavy atom. The standard InChI is InChI=1S/C17H17N5O2/c1-11-8-18-15-5-6-22-17(21-15)14(9-19-22)12-3-2-4-13(7-12)24-10-16(23)20-11/h2-7,9,11H,8,10H2,1H3,(H,18,21)(H,20,23). The van der Waals surface area contributed by atoms with Crippen molar-refractivity contribution in [2.24, 2.45) is 0 Å². The van der Waals surface area contributed by atoms with Crippen LogP contribution in [-0.2, 0) is 4.79 Å². The number of ether oxygens (including phenoxy) is 1. The van der Waals surface area contributed by atoms with Gasteiger partial charge in [-0.15, -0.1) is 0 Å². The van der Waals surface area contributed by atoms with Gasteiger partial charge in [0, 0.05) is 24.3 Å². The first-order chi connectivity index (χ1) is 11.7. The zero-order valence-corrected chi connectivity index (χ0v) is 13.2. The average Bonchev–Trinajstić information content (AvgIpc) is 3.01. The molecule has 2 aromatic heterocycles. The quantitative estimate of drug-likeness (QED) is 0.658. The molecule has 7 heteroatoms. The van der Waals surface area contributed by atoms with Crippen LogP contribution in [0.1, 0.15) is 6.92 Å². The van der Waals surface area contributed by atoms with Gasteiger partial charge in [-0.1, -0.05) is 12.1 Å². The van der Waals surface area contributed by atoms with E-state index >= 15 is 0 Å². The molecule has 0 radical (unpaired) electrons. The Hall–Kier alpha value is -3.09. The molecule has 0 aliphatic carbocycles. The number of anilines is 1. The maximum Gasteiger partial charge on any atom is 0.258 e. The first-order valence-electron chi connectivity index (χ1n) is 7.80. The molecule has 1 atom stereocenters. The van der Waals surface area contributed by atoms with Crippen LogP contribution in [0.15, 0.2) is 42.7 Å². The van der Waals surface area contributed by atoms with Crippen molar-refractivity contribution < 1.29 is 9.53 Å². The molecular formula is C17H17N5O2. The van der Waals surface area contributed by atoms with Gasteiger partial charge in [-0.05, 0) is 30.7 Å². The van der Waals surface area contributed by atoms with Gasteiger partial charge in [-0.25, -0.2) is 9.50 Å².